The molecule has 0 radical (unpaired) electrons. The molecule has 0 N–H and O–H groups in total. The Hall–Kier alpha value is -2.34. The number of piperidine rings is 1. The Balaban J connectivity index is 1.91. The van der Waals surface area contributed by atoms with Gasteiger partial charge in [0.15, 0.2) is 0 Å². The molecular formula is C22H30N2O4. The minimum absolute atomic E-state index is 0.209. The van der Waals surface area contributed by atoms with Crippen LogP contribution in [0.4, 0.5) is 0 Å². The van der Waals surface area contributed by atoms with E-state index in [1.807, 2.05) is 24.3 Å². The van der Waals surface area contributed by atoms with Gasteiger partial charge in [0.2, 0.25) is 0 Å². The highest BCUT2D eigenvalue weighted by Gasteiger charge is 2.41. The van der Waals surface area contributed by atoms with E-state index in [9.17, 15) is 9.59 Å². The zero-order valence-corrected chi connectivity index (χ0v) is 17.1. The van der Waals surface area contributed by atoms with Gasteiger partial charge in [0.1, 0.15) is 11.4 Å². The van der Waals surface area contributed by atoms with Crippen LogP contribution in [-0.4, -0.2) is 61.6 Å². The molecule has 0 aliphatic carbocycles. The standard InChI is InChI=1S/C22H30N2O4/c1-16(2)15-28-18-9-7-17(8-10-18)19-20(23-11-5-4-6-12-23)22(26)24(21(19)25)13-14-27-3/h7-10,16H,4-6,11-15H2,1-3H3. The Kier molecular flexibility index (Phi) is 6.73. The second kappa shape index (κ2) is 9.24. The average Bonchev–Trinajstić information content (AvgIpc) is 2.95. The molecule has 0 aromatic heterocycles. The first-order valence-corrected chi connectivity index (χ1v) is 10.1. The molecular weight excluding hydrogens is 356 g/mol. The molecule has 1 fully saturated rings. The van der Waals surface area contributed by atoms with Crippen LogP contribution in [0.2, 0.25) is 0 Å². The van der Waals surface area contributed by atoms with Crippen molar-refractivity contribution in [3.63, 3.8) is 0 Å². The van der Waals surface area contributed by atoms with Crippen LogP contribution in [0, 0.1) is 5.92 Å². The molecule has 1 aromatic carbocycles. The van der Waals surface area contributed by atoms with E-state index in [-0.39, 0.29) is 18.4 Å². The van der Waals surface area contributed by atoms with Crippen LogP contribution in [-0.2, 0) is 14.3 Å². The van der Waals surface area contributed by atoms with Gasteiger partial charge in [-0.15, -0.1) is 0 Å². The van der Waals surface area contributed by atoms with Gasteiger partial charge in [-0.2, -0.15) is 0 Å². The van der Waals surface area contributed by atoms with Crippen molar-refractivity contribution in [1.29, 1.82) is 0 Å². The van der Waals surface area contributed by atoms with Crippen molar-refractivity contribution in [3.05, 3.63) is 35.5 Å². The Morgan fingerprint density at radius 1 is 1.00 bits per heavy atom. The first-order chi connectivity index (χ1) is 13.5. The molecule has 2 aliphatic rings. The highest BCUT2D eigenvalue weighted by Crippen LogP contribution is 2.33. The first-order valence-electron chi connectivity index (χ1n) is 10.1. The summed E-state index contributed by atoms with van der Waals surface area (Å²) in [7, 11) is 1.57. The van der Waals surface area contributed by atoms with Crippen LogP contribution in [0.3, 0.4) is 0 Å². The van der Waals surface area contributed by atoms with E-state index in [1.165, 1.54) is 4.90 Å². The number of likely N-dealkylation sites (tertiary alicyclic amines) is 1. The maximum Gasteiger partial charge on any atom is 0.277 e. The molecule has 152 valence electrons. The molecule has 0 unspecified atom stereocenters. The molecule has 28 heavy (non-hydrogen) atoms. The van der Waals surface area contributed by atoms with Crippen molar-refractivity contribution >= 4 is 17.4 Å². The molecule has 0 bridgehead atoms. The average molecular weight is 386 g/mol. The lowest BCUT2D eigenvalue weighted by atomic mass is 10.0. The summed E-state index contributed by atoms with van der Waals surface area (Å²) in [5.74, 6) is 0.764. The number of rotatable bonds is 8. The van der Waals surface area contributed by atoms with Gasteiger partial charge in [-0.3, -0.25) is 14.5 Å². The molecule has 2 aliphatic heterocycles. The van der Waals surface area contributed by atoms with Crippen molar-refractivity contribution in [3.8, 4) is 5.75 Å². The summed E-state index contributed by atoms with van der Waals surface area (Å²) >= 11 is 0. The van der Waals surface area contributed by atoms with E-state index in [1.54, 1.807) is 7.11 Å². The summed E-state index contributed by atoms with van der Waals surface area (Å²) in [5.41, 5.74) is 1.80. The van der Waals surface area contributed by atoms with Gasteiger partial charge in [-0.05, 0) is 42.9 Å². The molecule has 2 heterocycles. The maximum absolute atomic E-state index is 13.1. The summed E-state index contributed by atoms with van der Waals surface area (Å²) in [5, 5.41) is 0. The number of methoxy groups -OCH3 is 1. The van der Waals surface area contributed by atoms with Crippen molar-refractivity contribution in [2.75, 3.05) is 40.0 Å². The van der Waals surface area contributed by atoms with E-state index < -0.39 is 0 Å². The minimum atomic E-state index is -0.238. The predicted octanol–water partition coefficient (Wildman–Crippen LogP) is 2.93. The predicted molar refractivity (Wildman–Crippen MR) is 108 cm³/mol. The highest BCUT2D eigenvalue weighted by molar-refractivity contribution is 6.35. The topological polar surface area (TPSA) is 59.1 Å². The fourth-order valence-electron chi connectivity index (χ4n) is 3.60. The Morgan fingerprint density at radius 3 is 2.29 bits per heavy atom. The minimum Gasteiger partial charge on any atom is -0.493 e. The monoisotopic (exact) mass is 386 g/mol. The number of amides is 2. The van der Waals surface area contributed by atoms with Gasteiger partial charge in [0.25, 0.3) is 11.8 Å². The van der Waals surface area contributed by atoms with E-state index >= 15 is 0 Å². The van der Waals surface area contributed by atoms with Crippen LogP contribution >= 0.6 is 0 Å². The molecule has 6 heteroatoms. The quantitative estimate of drug-likeness (QED) is 0.643. The number of nitrogens with zero attached hydrogens (tertiary/aromatic N) is 2. The van der Waals surface area contributed by atoms with Gasteiger partial charge in [-0.1, -0.05) is 26.0 Å². The molecule has 1 aromatic rings. The zero-order chi connectivity index (χ0) is 20.1. The van der Waals surface area contributed by atoms with Crippen molar-refractivity contribution in [1.82, 2.24) is 9.80 Å². The van der Waals surface area contributed by atoms with Crippen LogP contribution in [0.25, 0.3) is 5.57 Å². The molecule has 2 amide bonds. The normalized spacial score (nSPS) is 17.9. The van der Waals surface area contributed by atoms with Gasteiger partial charge in [0.05, 0.1) is 25.3 Å². The first kappa shape index (κ1) is 20.4. The lowest BCUT2D eigenvalue weighted by Gasteiger charge is -2.29. The molecule has 0 saturated carbocycles. The lowest BCUT2D eigenvalue weighted by Crippen LogP contribution is -2.38. The summed E-state index contributed by atoms with van der Waals surface area (Å²) in [4.78, 5) is 29.6. The maximum atomic E-state index is 13.1. The molecule has 1 saturated heterocycles. The Morgan fingerprint density at radius 2 is 1.68 bits per heavy atom. The van der Waals surface area contributed by atoms with Crippen molar-refractivity contribution < 1.29 is 19.1 Å². The number of ether oxygens (including phenoxy) is 2. The third-order valence-corrected chi connectivity index (χ3v) is 5.06. The highest BCUT2D eigenvalue weighted by atomic mass is 16.5. The van der Waals surface area contributed by atoms with Crippen LogP contribution in [0.5, 0.6) is 5.75 Å². The Bertz CT molecular complexity index is 733. The number of hydrogen-bond acceptors (Lipinski definition) is 5. The lowest BCUT2D eigenvalue weighted by molar-refractivity contribution is -0.138. The third-order valence-electron chi connectivity index (χ3n) is 5.06. The smallest absolute Gasteiger partial charge is 0.277 e. The fourth-order valence-corrected chi connectivity index (χ4v) is 3.60. The van der Waals surface area contributed by atoms with Gasteiger partial charge >= 0.3 is 0 Å². The summed E-state index contributed by atoms with van der Waals surface area (Å²) < 4.78 is 10.8. The van der Waals surface area contributed by atoms with Crippen molar-refractivity contribution in [2.24, 2.45) is 5.92 Å². The van der Waals surface area contributed by atoms with Gasteiger partial charge in [-0.25, -0.2) is 0 Å². The number of imide groups is 1. The van der Waals surface area contributed by atoms with Crippen LogP contribution in [0.15, 0.2) is 30.0 Å². The number of carbonyl (C=O) groups is 2. The third kappa shape index (κ3) is 4.38. The largest absolute Gasteiger partial charge is 0.493 e. The Labute approximate surface area is 167 Å². The fraction of sp³-hybridized carbons (Fsp3) is 0.545. The summed E-state index contributed by atoms with van der Waals surface area (Å²) in [6, 6.07) is 7.49. The van der Waals surface area contributed by atoms with Gasteiger partial charge in [0, 0.05) is 20.2 Å². The second-order valence-corrected chi connectivity index (χ2v) is 7.76. The SMILES string of the molecule is COCCN1C(=O)C(c2ccc(OCC(C)C)cc2)=C(N2CCCCC2)C1=O. The second-order valence-electron chi connectivity index (χ2n) is 7.76. The van der Waals surface area contributed by atoms with E-state index in [2.05, 4.69) is 18.7 Å². The molecule has 0 atom stereocenters. The van der Waals surface area contributed by atoms with E-state index in [0.29, 0.717) is 30.4 Å². The summed E-state index contributed by atoms with van der Waals surface area (Å²) in [6.07, 6.45) is 3.24. The number of hydrogen-bond donors (Lipinski definition) is 0. The molecule has 0 spiro atoms. The summed E-state index contributed by atoms with van der Waals surface area (Å²) in [6.45, 7) is 7.06. The van der Waals surface area contributed by atoms with Gasteiger partial charge < -0.3 is 14.4 Å². The zero-order valence-electron chi connectivity index (χ0n) is 17.1. The van der Waals surface area contributed by atoms with E-state index in [4.69, 9.17) is 9.47 Å². The van der Waals surface area contributed by atoms with Crippen LogP contribution < -0.4 is 4.74 Å². The van der Waals surface area contributed by atoms with E-state index in [0.717, 1.165) is 43.7 Å². The number of benzene rings is 1. The molecule has 6 nitrogen and oxygen atoms in total. The number of carbonyl (C=O) groups excluding carboxylic acids is 2. The van der Waals surface area contributed by atoms with Crippen molar-refractivity contribution in [2.45, 2.75) is 33.1 Å². The molecule has 3 rings (SSSR count). The van der Waals surface area contributed by atoms with Crippen LogP contribution in [0.1, 0.15) is 38.7 Å².